The molecule has 15 heavy (non-hydrogen) atoms. The minimum atomic E-state index is 0.321. The molecule has 0 radical (unpaired) electrons. The lowest BCUT2D eigenvalue weighted by Crippen LogP contribution is -2.44. The van der Waals surface area contributed by atoms with E-state index in [9.17, 15) is 0 Å². The Morgan fingerprint density at radius 2 is 1.93 bits per heavy atom. The van der Waals surface area contributed by atoms with E-state index in [1.54, 1.807) is 0 Å². The molecule has 1 aliphatic heterocycles. The van der Waals surface area contributed by atoms with Gasteiger partial charge in [-0.15, -0.1) is 0 Å². The molecule has 0 aliphatic carbocycles. The highest BCUT2D eigenvalue weighted by atomic mass is 14.9. The predicted molar refractivity (Wildman–Crippen MR) is 66.3 cm³/mol. The molecule has 0 amide bonds. The third-order valence-corrected chi connectivity index (χ3v) is 4.41. The van der Waals surface area contributed by atoms with E-state index in [1.807, 2.05) is 0 Å². The fourth-order valence-electron chi connectivity index (χ4n) is 2.79. The van der Waals surface area contributed by atoms with Crippen LogP contribution in [-0.4, -0.2) is 6.04 Å². The quantitative estimate of drug-likeness (QED) is 0.732. The van der Waals surface area contributed by atoms with E-state index in [-0.39, 0.29) is 0 Å². The summed E-state index contributed by atoms with van der Waals surface area (Å²) < 4.78 is 0. The molecule has 0 saturated heterocycles. The van der Waals surface area contributed by atoms with Crippen molar-refractivity contribution in [2.75, 3.05) is 5.32 Å². The predicted octanol–water partition coefficient (Wildman–Crippen LogP) is 3.80. The van der Waals surface area contributed by atoms with Gasteiger partial charge in [-0.25, -0.2) is 0 Å². The molecule has 3 atom stereocenters. The number of nitrogens with one attached hydrogen (secondary N) is 1. The molecular weight excluding hydrogens is 182 g/mol. The Labute approximate surface area is 92.9 Å². The number of para-hydroxylation sites is 1. The van der Waals surface area contributed by atoms with E-state index in [4.69, 9.17) is 0 Å². The molecule has 0 bridgehead atoms. The number of rotatable bonds is 1. The van der Waals surface area contributed by atoms with Crippen LogP contribution in [0.25, 0.3) is 0 Å². The summed E-state index contributed by atoms with van der Waals surface area (Å²) >= 11 is 0. The first-order valence-electron chi connectivity index (χ1n) is 5.95. The van der Waals surface area contributed by atoms with Crippen molar-refractivity contribution in [3.05, 3.63) is 29.8 Å². The lowest BCUT2D eigenvalue weighted by atomic mass is 9.65. The maximum atomic E-state index is 3.60. The van der Waals surface area contributed by atoms with Gasteiger partial charge in [0, 0.05) is 11.7 Å². The second-order valence-electron chi connectivity index (χ2n) is 5.04. The molecule has 0 fully saturated rings. The molecule has 0 aromatic heterocycles. The Morgan fingerprint density at radius 1 is 1.27 bits per heavy atom. The second-order valence-corrected chi connectivity index (χ2v) is 5.04. The average molecular weight is 203 g/mol. The van der Waals surface area contributed by atoms with Gasteiger partial charge < -0.3 is 5.32 Å². The molecule has 1 heteroatoms. The van der Waals surface area contributed by atoms with Crippen molar-refractivity contribution < 1.29 is 0 Å². The summed E-state index contributed by atoms with van der Waals surface area (Å²) in [6, 6.07) is 9.30. The van der Waals surface area contributed by atoms with Crippen molar-refractivity contribution in [3.63, 3.8) is 0 Å². The maximum Gasteiger partial charge on any atom is 0.0380 e. The number of hydrogen-bond acceptors (Lipinski definition) is 1. The summed E-state index contributed by atoms with van der Waals surface area (Å²) in [4.78, 5) is 0. The summed E-state index contributed by atoms with van der Waals surface area (Å²) in [5.74, 6) is 0.678. The van der Waals surface area contributed by atoms with Crippen LogP contribution >= 0.6 is 0 Å². The van der Waals surface area contributed by atoms with Crippen molar-refractivity contribution in [1.29, 1.82) is 0 Å². The molecular formula is C14H21N. The van der Waals surface area contributed by atoms with Crippen LogP contribution in [0.1, 0.15) is 39.7 Å². The van der Waals surface area contributed by atoms with E-state index in [0.29, 0.717) is 17.4 Å². The zero-order valence-corrected chi connectivity index (χ0v) is 10.2. The Hall–Kier alpha value is -0.980. The largest absolute Gasteiger partial charge is 0.382 e. The number of hydrogen-bond donors (Lipinski definition) is 1. The molecule has 1 heterocycles. The monoisotopic (exact) mass is 203 g/mol. The lowest BCUT2D eigenvalue weighted by Gasteiger charge is -2.45. The molecule has 2 rings (SSSR count). The smallest absolute Gasteiger partial charge is 0.0380 e. The fourth-order valence-corrected chi connectivity index (χ4v) is 2.79. The molecule has 1 N–H and O–H groups in total. The Kier molecular flexibility index (Phi) is 2.49. The summed E-state index contributed by atoms with van der Waals surface area (Å²) in [6.07, 6.45) is 1.21. The van der Waals surface area contributed by atoms with Crippen LogP contribution in [0.4, 0.5) is 5.69 Å². The molecule has 1 aliphatic rings. The van der Waals surface area contributed by atoms with E-state index >= 15 is 0 Å². The van der Waals surface area contributed by atoms with E-state index < -0.39 is 0 Å². The van der Waals surface area contributed by atoms with Gasteiger partial charge in [-0.05, 0) is 36.3 Å². The van der Waals surface area contributed by atoms with Crippen molar-refractivity contribution >= 4 is 5.69 Å². The van der Waals surface area contributed by atoms with E-state index in [2.05, 4.69) is 57.3 Å². The van der Waals surface area contributed by atoms with Crippen LogP contribution in [0.2, 0.25) is 0 Å². The molecule has 0 spiro atoms. The molecule has 3 unspecified atom stereocenters. The van der Waals surface area contributed by atoms with Crippen molar-refractivity contribution in [1.82, 2.24) is 0 Å². The first-order chi connectivity index (χ1) is 7.09. The highest BCUT2D eigenvalue weighted by Gasteiger charge is 2.39. The third-order valence-electron chi connectivity index (χ3n) is 4.41. The van der Waals surface area contributed by atoms with Gasteiger partial charge in [-0.3, -0.25) is 0 Å². The van der Waals surface area contributed by atoms with Crippen molar-refractivity contribution in [3.8, 4) is 0 Å². The zero-order chi connectivity index (χ0) is 11.1. The third kappa shape index (κ3) is 1.45. The highest BCUT2D eigenvalue weighted by molar-refractivity contribution is 5.58. The number of fused-ring (bicyclic) bond motifs is 1. The standard InChI is InChI=1S/C14H21N/c1-5-14(4)10(2)11(3)15-13-9-7-6-8-12(13)14/h6-11,15H,5H2,1-4H3. The summed E-state index contributed by atoms with van der Waals surface area (Å²) in [5.41, 5.74) is 3.13. The number of benzene rings is 1. The van der Waals surface area contributed by atoms with Crippen LogP contribution in [0.5, 0.6) is 0 Å². The summed E-state index contributed by atoms with van der Waals surface area (Å²) in [6.45, 7) is 9.34. The van der Waals surface area contributed by atoms with E-state index in [1.165, 1.54) is 17.7 Å². The molecule has 1 aromatic carbocycles. The fraction of sp³-hybridized carbons (Fsp3) is 0.571. The second kappa shape index (κ2) is 3.55. The Bertz CT molecular complexity index is 358. The topological polar surface area (TPSA) is 12.0 Å². The average Bonchev–Trinajstić information content (AvgIpc) is 2.26. The summed E-state index contributed by atoms with van der Waals surface area (Å²) in [7, 11) is 0. The summed E-state index contributed by atoms with van der Waals surface area (Å²) in [5, 5.41) is 3.60. The highest BCUT2D eigenvalue weighted by Crippen LogP contribution is 2.44. The molecule has 0 saturated carbocycles. The van der Waals surface area contributed by atoms with Crippen molar-refractivity contribution in [2.45, 2.75) is 45.6 Å². The van der Waals surface area contributed by atoms with Gasteiger partial charge in [-0.1, -0.05) is 39.0 Å². The van der Waals surface area contributed by atoms with Gasteiger partial charge in [0.2, 0.25) is 0 Å². The van der Waals surface area contributed by atoms with E-state index in [0.717, 1.165) is 0 Å². The van der Waals surface area contributed by atoms with Gasteiger partial charge in [0.15, 0.2) is 0 Å². The van der Waals surface area contributed by atoms with Gasteiger partial charge in [0.1, 0.15) is 0 Å². The molecule has 82 valence electrons. The molecule has 1 nitrogen and oxygen atoms in total. The molecule has 1 aromatic rings. The van der Waals surface area contributed by atoms with Gasteiger partial charge in [0.25, 0.3) is 0 Å². The van der Waals surface area contributed by atoms with Gasteiger partial charge >= 0.3 is 0 Å². The van der Waals surface area contributed by atoms with Gasteiger partial charge in [0.05, 0.1) is 0 Å². The first kappa shape index (κ1) is 10.5. The zero-order valence-electron chi connectivity index (χ0n) is 10.2. The normalized spacial score (nSPS) is 34.4. The number of anilines is 1. The lowest BCUT2D eigenvalue weighted by molar-refractivity contribution is 0.266. The van der Waals surface area contributed by atoms with Crippen LogP contribution in [0.3, 0.4) is 0 Å². The van der Waals surface area contributed by atoms with Crippen LogP contribution in [0.15, 0.2) is 24.3 Å². The van der Waals surface area contributed by atoms with Crippen LogP contribution in [0, 0.1) is 5.92 Å². The Balaban J connectivity index is 2.55. The Morgan fingerprint density at radius 3 is 2.60 bits per heavy atom. The van der Waals surface area contributed by atoms with Crippen LogP contribution < -0.4 is 5.32 Å². The maximum absolute atomic E-state index is 3.60. The first-order valence-corrected chi connectivity index (χ1v) is 5.95. The van der Waals surface area contributed by atoms with Crippen molar-refractivity contribution in [2.24, 2.45) is 5.92 Å². The van der Waals surface area contributed by atoms with Gasteiger partial charge in [-0.2, -0.15) is 0 Å². The van der Waals surface area contributed by atoms with Crippen LogP contribution in [-0.2, 0) is 5.41 Å². The SMILES string of the molecule is CCC1(C)c2ccccc2NC(C)C1C. The minimum Gasteiger partial charge on any atom is -0.382 e. The minimum absolute atomic E-state index is 0.321.